The number of ether oxygens (including phenoxy) is 1. The monoisotopic (exact) mass is 275 g/mol. The number of nitrogens with one attached hydrogen (secondary N) is 1. The number of aryl methyl sites for hydroxylation is 1. The topological polar surface area (TPSA) is 38.3 Å². The summed E-state index contributed by atoms with van der Waals surface area (Å²) in [6.45, 7) is 4.18. The van der Waals surface area contributed by atoms with E-state index < -0.39 is 0 Å². The Bertz CT molecular complexity index is 419. The van der Waals surface area contributed by atoms with Gasteiger partial charge < -0.3 is 10.1 Å². The largest absolute Gasteiger partial charge is 0.469 e. The molecule has 0 saturated carbocycles. The van der Waals surface area contributed by atoms with Crippen LogP contribution in [0.15, 0.2) is 24.3 Å². The molecule has 20 heavy (non-hydrogen) atoms. The van der Waals surface area contributed by atoms with Crippen molar-refractivity contribution in [1.82, 2.24) is 5.32 Å². The number of hydrogen-bond acceptors (Lipinski definition) is 3. The van der Waals surface area contributed by atoms with Crippen LogP contribution < -0.4 is 5.32 Å². The van der Waals surface area contributed by atoms with Gasteiger partial charge in [-0.3, -0.25) is 4.79 Å². The first kappa shape index (κ1) is 15.0. The van der Waals surface area contributed by atoms with Gasteiger partial charge in [0.1, 0.15) is 0 Å². The highest BCUT2D eigenvalue weighted by Crippen LogP contribution is 2.32. The Balaban J connectivity index is 2.18. The first-order chi connectivity index (χ1) is 9.70. The van der Waals surface area contributed by atoms with E-state index in [0.717, 1.165) is 13.1 Å². The van der Waals surface area contributed by atoms with Crippen LogP contribution in [0.2, 0.25) is 0 Å². The maximum Gasteiger partial charge on any atom is 0.306 e. The number of carbonyl (C=O) groups excluding carboxylic acids is 1. The summed E-state index contributed by atoms with van der Waals surface area (Å²) in [4.78, 5) is 11.7. The van der Waals surface area contributed by atoms with Gasteiger partial charge in [0.2, 0.25) is 0 Å². The van der Waals surface area contributed by atoms with E-state index in [1.54, 1.807) is 0 Å². The van der Waals surface area contributed by atoms with Crippen LogP contribution >= 0.6 is 0 Å². The Morgan fingerprint density at radius 1 is 1.35 bits per heavy atom. The number of hydrogen-bond donors (Lipinski definition) is 1. The number of carbonyl (C=O) groups is 1. The molecular weight excluding hydrogens is 250 g/mol. The standard InChI is InChI=1S/C17H25NO2/c1-13-6-8-14(9-7-13)16(11-17(19)20-2)15-5-3-4-10-18-12-15/h6-9,15-16,18H,3-5,10-12H2,1-2H3. The van der Waals surface area contributed by atoms with Crippen LogP contribution in [-0.4, -0.2) is 26.2 Å². The summed E-state index contributed by atoms with van der Waals surface area (Å²) in [6.07, 6.45) is 4.13. The van der Waals surface area contributed by atoms with Crippen LogP contribution in [0.5, 0.6) is 0 Å². The molecule has 110 valence electrons. The molecule has 2 rings (SSSR count). The number of methoxy groups -OCH3 is 1. The number of rotatable bonds is 4. The Labute approximate surface area is 121 Å². The third-order valence-corrected chi connectivity index (χ3v) is 4.27. The summed E-state index contributed by atoms with van der Waals surface area (Å²) in [5.74, 6) is 0.660. The molecule has 0 aromatic heterocycles. The summed E-state index contributed by atoms with van der Waals surface area (Å²) in [5.41, 5.74) is 2.51. The molecule has 1 heterocycles. The predicted octanol–water partition coefficient (Wildman–Crippen LogP) is 3.03. The van der Waals surface area contributed by atoms with E-state index >= 15 is 0 Å². The van der Waals surface area contributed by atoms with Crippen molar-refractivity contribution in [2.24, 2.45) is 5.92 Å². The van der Waals surface area contributed by atoms with Gasteiger partial charge in [0.05, 0.1) is 13.5 Å². The van der Waals surface area contributed by atoms with E-state index in [2.05, 4.69) is 36.5 Å². The molecule has 1 saturated heterocycles. The molecule has 2 atom stereocenters. The quantitative estimate of drug-likeness (QED) is 0.858. The van der Waals surface area contributed by atoms with Crippen molar-refractivity contribution in [1.29, 1.82) is 0 Å². The van der Waals surface area contributed by atoms with Crippen LogP contribution in [-0.2, 0) is 9.53 Å². The first-order valence-corrected chi connectivity index (χ1v) is 7.55. The van der Waals surface area contributed by atoms with Gasteiger partial charge in [-0.15, -0.1) is 0 Å². The highest BCUT2D eigenvalue weighted by molar-refractivity contribution is 5.70. The van der Waals surface area contributed by atoms with E-state index in [0.29, 0.717) is 12.3 Å². The second-order valence-electron chi connectivity index (χ2n) is 5.76. The van der Waals surface area contributed by atoms with Crippen LogP contribution in [0.4, 0.5) is 0 Å². The lowest BCUT2D eigenvalue weighted by Crippen LogP contribution is -2.27. The highest BCUT2D eigenvalue weighted by Gasteiger charge is 2.26. The first-order valence-electron chi connectivity index (χ1n) is 7.55. The van der Waals surface area contributed by atoms with Gasteiger partial charge >= 0.3 is 5.97 Å². The highest BCUT2D eigenvalue weighted by atomic mass is 16.5. The third kappa shape index (κ3) is 4.07. The van der Waals surface area contributed by atoms with Crippen molar-refractivity contribution < 1.29 is 9.53 Å². The van der Waals surface area contributed by atoms with E-state index in [1.165, 1.54) is 37.5 Å². The fourth-order valence-electron chi connectivity index (χ4n) is 3.02. The van der Waals surface area contributed by atoms with Gasteiger partial charge in [0.25, 0.3) is 0 Å². The molecule has 0 amide bonds. The minimum Gasteiger partial charge on any atom is -0.469 e. The lowest BCUT2D eigenvalue weighted by molar-refractivity contribution is -0.141. The summed E-state index contributed by atoms with van der Waals surface area (Å²) in [6, 6.07) is 8.58. The molecule has 0 bridgehead atoms. The lowest BCUT2D eigenvalue weighted by Gasteiger charge is -2.26. The van der Waals surface area contributed by atoms with Gasteiger partial charge in [-0.1, -0.05) is 36.2 Å². The Morgan fingerprint density at radius 3 is 2.80 bits per heavy atom. The van der Waals surface area contributed by atoms with Gasteiger partial charge in [-0.25, -0.2) is 0 Å². The minimum atomic E-state index is -0.111. The zero-order chi connectivity index (χ0) is 14.4. The molecular formula is C17H25NO2. The smallest absolute Gasteiger partial charge is 0.306 e. The van der Waals surface area contributed by atoms with Crippen molar-refractivity contribution in [3.05, 3.63) is 35.4 Å². The molecule has 1 aromatic rings. The third-order valence-electron chi connectivity index (χ3n) is 4.27. The maximum atomic E-state index is 11.7. The molecule has 0 spiro atoms. The second-order valence-corrected chi connectivity index (χ2v) is 5.76. The van der Waals surface area contributed by atoms with Gasteiger partial charge in [0.15, 0.2) is 0 Å². The van der Waals surface area contributed by atoms with Crippen molar-refractivity contribution >= 4 is 5.97 Å². The molecule has 0 aliphatic carbocycles. The molecule has 1 aromatic carbocycles. The number of esters is 1. The SMILES string of the molecule is COC(=O)CC(c1ccc(C)cc1)C1CCCCNC1. The van der Waals surface area contributed by atoms with Crippen LogP contribution in [0.25, 0.3) is 0 Å². The van der Waals surface area contributed by atoms with Crippen LogP contribution in [0.1, 0.15) is 42.7 Å². The molecule has 2 unspecified atom stereocenters. The second kappa shape index (κ2) is 7.44. The summed E-state index contributed by atoms with van der Waals surface area (Å²) < 4.78 is 4.89. The molecule has 1 fully saturated rings. The maximum absolute atomic E-state index is 11.7. The predicted molar refractivity (Wildman–Crippen MR) is 80.8 cm³/mol. The molecule has 3 nitrogen and oxygen atoms in total. The molecule has 0 radical (unpaired) electrons. The normalized spacial score (nSPS) is 21.0. The average molecular weight is 275 g/mol. The van der Waals surface area contributed by atoms with Crippen LogP contribution in [0.3, 0.4) is 0 Å². The van der Waals surface area contributed by atoms with Crippen molar-refractivity contribution in [3.63, 3.8) is 0 Å². The van der Waals surface area contributed by atoms with E-state index in [1.807, 2.05) is 0 Å². The van der Waals surface area contributed by atoms with Crippen molar-refractivity contribution in [2.45, 2.75) is 38.5 Å². The lowest BCUT2D eigenvalue weighted by atomic mass is 9.81. The Morgan fingerprint density at radius 2 is 2.10 bits per heavy atom. The Kier molecular flexibility index (Phi) is 5.60. The van der Waals surface area contributed by atoms with Gasteiger partial charge in [0, 0.05) is 0 Å². The van der Waals surface area contributed by atoms with Crippen molar-refractivity contribution in [2.75, 3.05) is 20.2 Å². The van der Waals surface area contributed by atoms with Gasteiger partial charge in [-0.2, -0.15) is 0 Å². The fraction of sp³-hybridized carbons (Fsp3) is 0.588. The van der Waals surface area contributed by atoms with Gasteiger partial charge in [-0.05, 0) is 50.3 Å². The van der Waals surface area contributed by atoms with Crippen molar-refractivity contribution in [3.8, 4) is 0 Å². The molecule has 1 N–H and O–H groups in total. The Hall–Kier alpha value is -1.35. The summed E-state index contributed by atoms with van der Waals surface area (Å²) in [7, 11) is 1.47. The summed E-state index contributed by atoms with van der Waals surface area (Å²) >= 11 is 0. The zero-order valence-corrected chi connectivity index (χ0v) is 12.5. The fourth-order valence-corrected chi connectivity index (χ4v) is 3.02. The van der Waals surface area contributed by atoms with E-state index in [-0.39, 0.29) is 11.9 Å². The summed E-state index contributed by atoms with van der Waals surface area (Å²) in [5, 5.41) is 3.50. The molecule has 3 heteroatoms. The van der Waals surface area contributed by atoms with E-state index in [9.17, 15) is 4.79 Å². The van der Waals surface area contributed by atoms with Crippen LogP contribution in [0, 0.1) is 12.8 Å². The number of benzene rings is 1. The zero-order valence-electron chi connectivity index (χ0n) is 12.5. The average Bonchev–Trinajstić information content (AvgIpc) is 2.74. The minimum absolute atomic E-state index is 0.111. The molecule has 1 aliphatic rings. The van der Waals surface area contributed by atoms with E-state index in [4.69, 9.17) is 4.74 Å². The molecule has 1 aliphatic heterocycles.